The van der Waals surface area contributed by atoms with Crippen LogP contribution in [0.3, 0.4) is 0 Å². The van der Waals surface area contributed by atoms with Gasteiger partial charge in [0.1, 0.15) is 0 Å². The summed E-state index contributed by atoms with van der Waals surface area (Å²) in [6.45, 7) is 0. The van der Waals surface area contributed by atoms with Crippen molar-refractivity contribution in [3.63, 3.8) is 0 Å². The maximum atomic E-state index is 12.1. The summed E-state index contributed by atoms with van der Waals surface area (Å²) in [5.74, 6) is 0. The van der Waals surface area contributed by atoms with Gasteiger partial charge in [0, 0.05) is 15.8 Å². The predicted octanol–water partition coefficient (Wildman–Crippen LogP) is 5.25. The molecule has 5 nitrogen and oxygen atoms in total. The zero-order valence-electron chi connectivity index (χ0n) is 13.1. The fourth-order valence-electron chi connectivity index (χ4n) is 1.85. The number of carbonyl (C=O) groups is 1. The van der Waals surface area contributed by atoms with Crippen molar-refractivity contribution in [1.29, 1.82) is 0 Å². The summed E-state index contributed by atoms with van der Waals surface area (Å²) in [7, 11) is 0. The lowest BCUT2D eigenvalue weighted by Crippen LogP contribution is -2.57. The number of hydrogen-bond donors (Lipinski definition) is 4. The molecule has 0 aromatic heterocycles. The van der Waals surface area contributed by atoms with Gasteiger partial charge < -0.3 is 21.3 Å². The number of alkyl halides is 3. The quantitative estimate of drug-likeness (QED) is 0.265. The molecule has 0 heterocycles. The predicted molar refractivity (Wildman–Crippen MR) is 116 cm³/mol. The van der Waals surface area contributed by atoms with E-state index in [1.165, 1.54) is 0 Å². The minimum absolute atomic E-state index is 0.184. The molecule has 0 aliphatic rings. The molecule has 0 saturated heterocycles. The molecular formula is C16H14BrCl3N4OS. The highest BCUT2D eigenvalue weighted by molar-refractivity contribution is 9.10. The van der Waals surface area contributed by atoms with Crippen molar-refractivity contribution in [1.82, 2.24) is 10.6 Å². The Labute approximate surface area is 179 Å². The Hall–Kier alpha value is -1.25. The number of urea groups is 1. The number of carbonyl (C=O) groups excluding carboxylic acids is 1. The third-order valence-corrected chi connectivity index (χ3v) is 4.42. The molecule has 0 spiro atoms. The van der Waals surface area contributed by atoms with Crippen LogP contribution >= 0.6 is 63.0 Å². The number of benzene rings is 2. The Balaban J connectivity index is 1.97. The van der Waals surface area contributed by atoms with E-state index >= 15 is 0 Å². The first-order chi connectivity index (χ1) is 12.2. The first-order valence-electron chi connectivity index (χ1n) is 7.26. The SMILES string of the molecule is O=C(Nc1ccccc1)NC(NC(=S)Nc1ccc(Br)cc1)C(Cl)(Cl)Cl. The molecule has 2 aromatic rings. The van der Waals surface area contributed by atoms with Gasteiger partial charge in [-0.05, 0) is 48.6 Å². The van der Waals surface area contributed by atoms with Crippen molar-refractivity contribution in [2.75, 3.05) is 10.6 Å². The minimum Gasteiger partial charge on any atom is -0.339 e. The molecule has 138 valence electrons. The van der Waals surface area contributed by atoms with E-state index in [-0.39, 0.29) is 5.11 Å². The van der Waals surface area contributed by atoms with Crippen LogP contribution < -0.4 is 21.3 Å². The van der Waals surface area contributed by atoms with Gasteiger partial charge >= 0.3 is 6.03 Å². The first kappa shape index (κ1) is 21.1. The second kappa shape index (κ2) is 9.62. The Kier molecular flexibility index (Phi) is 7.79. The molecule has 2 amide bonds. The van der Waals surface area contributed by atoms with E-state index in [0.717, 1.165) is 10.2 Å². The van der Waals surface area contributed by atoms with Crippen LogP contribution in [-0.4, -0.2) is 21.1 Å². The highest BCUT2D eigenvalue weighted by atomic mass is 79.9. The van der Waals surface area contributed by atoms with E-state index in [9.17, 15) is 4.79 Å². The van der Waals surface area contributed by atoms with E-state index < -0.39 is 16.0 Å². The van der Waals surface area contributed by atoms with Gasteiger partial charge in [0.25, 0.3) is 0 Å². The summed E-state index contributed by atoms with van der Waals surface area (Å²) >= 11 is 26.4. The molecule has 0 radical (unpaired) electrons. The van der Waals surface area contributed by atoms with Crippen LogP contribution in [0.5, 0.6) is 0 Å². The highest BCUT2D eigenvalue weighted by Crippen LogP contribution is 2.29. The van der Waals surface area contributed by atoms with Crippen LogP contribution in [-0.2, 0) is 0 Å². The van der Waals surface area contributed by atoms with Crippen molar-refractivity contribution in [2.24, 2.45) is 0 Å². The summed E-state index contributed by atoms with van der Waals surface area (Å²) in [5.41, 5.74) is 1.34. The fraction of sp³-hybridized carbons (Fsp3) is 0.125. The maximum absolute atomic E-state index is 12.1. The second-order valence-corrected chi connectivity index (χ2v) is 8.74. The fourth-order valence-corrected chi connectivity index (χ4v) is 2.68. The van der Waals surface area contributed by atoms with Crippen LogP contribution in [0.15, 0.2) is 59.1 Å². The van der Waals surface area contributed by atoms with Gasteiger partial charge in [0.15, 0.2) is 11.3 Å². The van der Waals surface area contributed by atoms with Crippen LogP contribution in [0, 0.1) is 0 Å². The molecule has 0 bridgehead atoms. The molecule has 26 heavy (non-hydrogen) atoms. The minimum atomic E-state index is -1.83. The van der Waals surface area contributed by atoms with Crippen LogP contribution in [0.4, 0.5) is 16.2 Å². The molecule has 1 atom stereocenters. The topological polar surface area (TPSA) is 65.2 Å². The molecule has 0 saturated carbocycles. The van der Waals surface area contributed by atoms with E-state index in [1.807, 2.05) is 30.3 Å². The smallest absolute Gasteiger partial charge is 0.320 e. The normalized spacial score (nSPS) is 12.0. The Morgan fingerprint density at radius 1 is 0.923 bits per heavy atom. The summed E-state index contributed by atoms with van der Waals surface area (Å²) in [4.78, 5) is 12.1. The van der Waals surface area contributed by atoms with Crippen molar-refractivity contribution in [2.45, 2.75) is 9.96 Å². The number of hydrogen-bond acceptors (Lipinski definition) is 2. The summed E-state index contributed by atoms with van der Waals surface area (Å²) < 4.78 is -0.903. The molecule has 2 aromatic carbocycles. The van der Waals surface area contributed by atoms with Gasteiger partial charge in [-0.1, -0.05) is 68.9 Å². The molecule has 0 aliphatic heterocycles. The lowest BCUT2D eigenvalue weighted by Gasteiger charge is -2.27. The number of halogens is 4. The van der Waals surface area contributed by atoms with E-state index in [0.29, 0.717) is 5.69 Å². The lowest BCUT2D eigenvalue weighted by atomic mass is 10.3. The lowest BCUT2D eigenvalue weighted by molar-refractivity contribution is 0.247. The number of rotatable bonds is 4. The first-order valence-corrected chi connectivity index (χ1v) is 9.60. The number of anilines is 2. The molecule has 4 N–H and O–H groups in total. The van der Waals surface area contributed by atoms with Gasteiger partial charge in [-0.15, -0.1) is 0 Å². The van der Waals surface area contributed by atoms with Crippen molar-refractivity contribution in [3.05, 3.63) is 59.1 Å². The van der Waals surface area contributed by atoms with Crippen LogP contribution in [0.25, 0.3) is 0 Å². The second-order valence-electron chi connectivity index (χ2n) is 5.04. The van der Waals surface area contributed by atoms with Gasteiger partial charge in [-0.25, -0.2) is 4.79 Å². The molecule has 0 fully saturated rings. The standard InChI is InChI=1S/C16H14BrCl3N4OS/c17-10-6-8-12(9-7-10)22-15(26)24-13(16(18,19)20)23-14(25)21-11-4-2-1-3-5-11/h1-9,13H,(H2,21,23,25)(H2,22,24,26). The average Bonchev–Trinajstić information content (AvgIpc) is 2.56. The van der Waals surface area contributed by atoms with Crippen LogP contribution in [0.2, 0.25) is 0 Å². The number of amides is 2. The zero-order valence-corrected chi connectivity index (χ0v) is 17.8. The summed E-state index contributed by atoms with van der Waals surface area (Å²) in [5, 5.41) is 11.1. The van der Waals surface area contributed by atoms with E-state index in [4.69, 9.17) is 47.0 Å². The number of para-hydroxylation sites is 1. The molecule has 2 rings (SSSR count). The Bertz CT molecular complexity index is 756. The molecule has 1 unspecified atom stereocenters. The number of thiocarbonyl (C=S) groups is 1. The number of nitrogens with one attached hydrogen (secondary N) is 4. The summed E-state index contributed by atoms with van der Waals surface area (Å²) in [6, 6.07) is 15.7. The molecule has 10 heteroatoms. The average molecular weight is 497 g/mol. The van der Waals surface area contributed by atoms with E-state index in [1.54, 1.807) is 24.3 Å². The Morgan fingerprint density at radius 3 is 2.08 bits per heavy atom. The van der Waals surface area contributed by atoms with Crippen molar-refractivity contribution in [3.8, 4) is 0 Å². The summed E-state index contributed by atoms with van der Waals surface area (Å²) in [6.07, 6.45) is -1.06. The largest absolute Gasteiger partial charge is 0.339 e. The Morgan fingerprint density at radius 2 is 1.50 bits per heavy atom. The molecule has 0 aliphatic carbocycles. The van der Waals surface area contributed by atoms with Crippen molar-refractivity contribution >= 4 is 85.5 Å². The molecular weight excluding hydrogens is 483 g/mol. The van der Waals surface area contributed by atoms with Gasteiger partial charge in [-0.3, -0.25) is 0 Å². The third-order valence-electron chi connectivity index (χ3n) is 3.01. The third kappa shape index (κ3) is 7.17. The van der Waals surface area contributed by atoms with Gasteiger partial charge in [0.2, 0.25) is 3.79 Å². The van der Waals surface area contributed by atoms with Crippen LogP contribution in [0.1, 0.15) is 0 Å². The maximum Gasteiger partial charge on any atom is 0.320 e. The van der Waals surface area contributed by atoms with Gasteiger partial charge in [-0.2, -0.15) is 0 Å². The zero-order chi connectivity index (χ0) is 19.2. The highest BCUT2D eigenvalue weighted by Gasteiger charge is 2.34. The monoisotopic (exact) mass is 494 g/mol. The van der Waals surface area contributed by atoms with Gasteiger partial charge in [0.05, 0.1) is 0 Å². The van der Waals surface area contributed by atoms with Crippen molar-refractivity contribution < 1.29 is 4.79 Å². The van der Waals surface area contributed by atoms with E-state index in [2.05, 4.69) is 37.2 Å².